The Labute approximate surface area is 194 Å². The normalized spacial score (nSPS) is 17.8. The van der Waals surface area contributed by atoms with E-state index >= 15 is 0 Å². The lowest BCUT2D eigenvalue weighted by Gasteiger charge is -2.27. The first-order chi connectivity index (χ1) is 14.7. The number of carbonyl (C=O) groups is 1. The van der Waals surface area contributed by atoms with Gasteiger partial charge in [-0.3, -0.25) is 4.79 Å². The van der Waals surface area contributed by atoms with E-state index in [1.165, 1.54) is 18.5 Å². The Morgan fingerprint density at radius 3 is 2.58 bits per heavy atom. The zero-order chi connectivity index (χ0) is 22.6. The number of carbonyl (C=O) groups excluding carboxylic acids is 1. The van der Waals surface area contributed by atoms with Crippen LogP contribution in [0.25, 0.3) is 0 Å². The summed E-state index contributed by atoms with van der Waals surface area (Å²) in [5.41, 5.74) is 1.39. The molecule has 1 saturated carbocycles. The van der Waals surface area contributed by atoms with Gasteiger partial charge in [-0.1, -0.05) is 22.8 Å². The van der Waals surface area contributed by atoms with Gasteiger partial charge in [0.25, 0.3) is 0 Å². The molecule has 11 heteroatoms. The molecular formula is C20H22BrClN4O4S. The number of nitrogens with one attached hydrogen (secondary N) is 1. The Hall–Kier alpha value is -2.04. The Kier molecular flexibility index (Phi) is 7.66. The molecule has 1 aliphatic carbocycles. The minimum atomic E-state index is -3.48. The summed E-state index contributed by atoms with van der Waals surface area (Å²) in [5.74, 6) is -0.281. The number of hydrogen-bond donors (Lipinski definition) is 2. The van der Waals surface area contributed by atoms with Crippen LogP contribution in [0.15, 0.2) is 45.2 Å². The van der Waals surface area contributed by atoms with Gasteiger partial charge in [0, 0.05) is 6.26 Å². The number of anilines is 1. The van der Waals surface area contributed by atoms with E-state index < -0.39 is 15.8 Å². The van der Waals surface area contributed by atoms with Crippen LogP contribution in [0.3, 0.4) is 0 Å². The van der Waals surface area contributed by atoms with Crippen molar-refractivity contribution in [3.05, 3.63) is 45.8 Å². The third-order valence-corrected chi connectivity index (χ3v) is 7.33. The Balaban J connectivity index is 1.87. The molecule has 0 aliphatic heterocycles. The second kappa shape index (κ2) is 10.1. The largest absolute Gasteiger partial charge is 0.411 e. The van der Waals surface area contributed by atoms with Crippen molar-refractivity contribution in [1.82, 2.24) is 9.97 Å². The number of halogens is 2. The van der Waals surface area contributed by atoms with Gasteiger partial charge in [0.1, 0.15) is 4.60 Å². The predicted molar refractivity (Wildman–Crippen MR) is 121 cm³/mol. The van der Waals surface area contributed by atoms with E-state index in [0.717, 1.165) is 24.8 Å². The summed E-state index contributed by atoms with van der Waals surface area (Å²) in [7, 11) is -3.48. The summed E-state index contributed by atoms with van der Waals surface area (Å²) in [6.07, 6.45) is 7.54. The lowest BCUT2D eigenvalue weighted by atomic mass is 9.79. The van der Waals surface area contributed by atoms with Gasteiger partial charge in [-0.15, -0.1) is 0 Å². The van der Waals surface area contributed by atoms with Crippen LogP contribution in [0, 0.1) is 5.92 Å². The molecule has 1 amide bonds. The highest BCUT2D eigenvalue weighted by Crippen LogP contribution is 2.35. The highest BCUT2D eigenvalue weighted by atomic mass is 79.9. The number of sulfone groups is 1. The molecule has 31 heavy (non-hydrogen) atoms. The Morgan fingerprint density at radius 1 is 1.32 bits per heavy atom. The first kappa shape index (κ1) is 23.6. The molecular weight excluding hydrogens is 508 g/mol. The van der Waals surface area contributed by atoms with Gasteiger partial charge in [0.05, 0.1) is 33.9 Å². The van der Waals surface area contributed by atoms with Gasteiger partial charge in [-0.05, 0) is 71.6 Å². The predicted octanol–water partition coefficient (Wildman–Crippen LogP) is 4.43. The third-order valence-electron chi connectivity index (χ3n) is 5.34. The van der Waals surface area contributed by atoms with Crippen LogP contribution in [0.1, 0.15) is 43.6 Å². The number of amides is 1. The molecule has 1 aromatic heterocycles. The molecule has 1 heterocycles. The SMILES string of the molecule is CS(=O)(=O)c1ccc([C@H](CC2CCC(=NO)CC2)C(=O)Nc2cnc(Br)cn2)cc1Cl. The van der Waals surface area contributed by atoms with Crippen molar-refractivity contribution in [1.29, 1.82) is 0 Å². The van der Waals surface area contributed by atoms with Gasteiger partial charge in [0.2, 0.25) is 5.91 Å². The minimum absolute atomic E-state index is 0.0253. The first-order valence-corrected chi connectivity index (χ1v) is 12.7. The second-order valence-electron chi connectivity index (χ2n) is 7.57. The third kappa shape index (κ3) is 6.24. The highest BCUT2D eigenvalue weighted by molar-refractivity contribution is 9.10. The fraction of sp³-hybridized carbons (Fsp3) is 0.400. The molecule has 166 valence electrons. The molecule has 2 N–H and O–H groups in total. The van der Waals surface area contributed by atoms with E-state index in [1.807, 2.05) is 0 Å². The van der Waals surface area contributed by atoms with E-state index in [9.17, 15) is 13.2 Å². The fourth-order valence-corrected chi connectivity index (χ4v) is 5.24. The van der Waals surface area contributed by atoms with Crippen LogP contribution in [0.2, 0.25) is 5.02 Å². The van der Waals surface area contributed by atoms with E-state index in [1.54, 1.807) is 12.1 Å². The van der Waals surface area contributed by atoms with Crippen molar-refractivity contribution in [3.8, 4) is 0 Å². The molecule has 3 rings (SSSR count). The van der Waals surface area contributed by atoms with Crippen molar-refractivity contribution in [2.75, 3.05) is 11.6 Å². The lowest BCUT2D eigenvalue weighted by molar-refractivity contribution is -0.118. The maximum atomic E-state index is 13.2. The maximum absolute atomic E-state index is 13.2. The standard InChI is InChI=1S/C20H22BrClN4O4S/c1-31(29,30)17-7-4-13(9-16(17)22)15(8-12-2-5-14(26-28)6-3-12)20(27)25-19-11-23-18(21)10-24-19/h4,7,9-12,15,28H,2-3,5-6,8H2,1H3,(H,24,25,27)/t12?,15-/m0/s1. The molecule has 1 aliphatic rings. The first-order valence-electron chi connectivity index (χ1n) is 9.65. The van der Waals surface area contributed by atoms with Crippen LogP contribution >= 0.6 is 27.5 Å². The lowest BCUT2D eigenvalue weighted by Crippen LogP contribution is -2.26. The zero-order valence-electron chi connectivity index (χ0n) is 16.8. The van der Waals surface area contributed by atoms with Crippen molar-refractivity contribution in [2.45, 2.75) is 42.9 Å². The van der Waals surface area contributed by atoms with Crippen LogP contribution in [-0.4, -0.2) is 41.5 Å². The summed E-state index contributed by atoms with van der Waals surface area (Å²) < 4.78 is 24.3. The summed E-state index contributed by atoms with van der Waals surface area (Å²) in [4.78, 5) is 21.4. The van der Waals surface area contributed by atoms with Crippen molar-refractivity contribution >= 4 is 54.8 Å². The van der Waals surface area contributed by atoms with Gasteiger partial charge < -0.3 is 10.5 Å². The molecule has 0 bridgehead atoms. The summed E-state index contributed by atoms with van der Waals surface area (Å²) in [5, 5.41) is 15.1. The average Bonchev–Trinajstić information content (AvgIpc) is 2.73. The number of hydrogen-bond acceptors (Lipinski definition) is 7. The monoisotopic (exact) mass is 528 g/mol. The van der Waals surface area contributed by atoms with Gasteiger partial charge >= 0.3 is 0 Å². The van der Waals surface area contributed by atoms with E-state index in [-0.39, 0.29) is 21.7 Å². The van der Waals surface area contributed by atoms with E-state index in [4.69, 9.17) is 16.8 Å². The van der Waals surface area contributed by atoms with Gasteiger partial charge in [-0.2, -0.15) is 0 Å². The Morgan fingerprint density at radius 2 is 2.03 bits per heavy atom. The summed E-state index contributed by atoms with van der Waals surface area (Å²) in [6, 6.07) is 4.60. The van der Waals surface area contributed by atoms with E-state index in [0.29, 0.717) is 35.2 Å². The van der Waals surface area contributed by atoms with Crippen molar-refractivity contribution in [2.24, 2.45) is 11.1 Å². The molecule has 2 aromatic rings. The summed E-state index contributed by atoms with van der Waals surface area (Å²) in [6.45, 7) is 0. The topological polar surface area (TPSA) is 122 Å². The number of aromatic nitrogens is 2. The maximum Gasteiger partial charge on any atom is 0.233 e. The van der Waals surface area contributed by atoms with Gasteiger partial charge in [-0.25, -0.2) is 18.4 Å². The molecule has 0 unspecified atom stereocenters. The van der Waals surface area contributed by atoms with Crippen molar-refractivity contribution < 1.29 is 18.4 Å². The fourth-order valence-electron chi connectivity index (χ4n) is 3.70. The van der Waals surface area contributed by atoms with Crippen LogP contribution in [0.4, 0.5) is 5.82 Å². The smallest absolute Gasteiger partial charge is 0.233 e. The molecule has 0 saturated heterocycles. The van der Waals surface area contributed by atoms with Crippen LogP contribution in [0.5, 0.6) is 0 Å². The van der Waals surface area contributed by atoms with E-state index in [2.05, 4.69) is 36.4 Å². The second-order valence-corrected chi connectivity index (χ2v) is 10.8. The Bertz CT molecular complexity index is 1080. The quantitative estimate of drug-likeness (QED) is 0.422. The van der Waals surface area contributed by atoms with Crippen LogP contribution < -0.4 is 5.32 Å². The number of oxime groups is 1. The zero-order valence-corrected chi connectivity index (χ0v) is 19.9. The minimum Gasteiger partial charge on any atom is -0.411 e. The number of nitrogens with zero attached hydrogens (tertiary/aromatic N) is 3. The molecule has 0 radical (unpaired) electrons. The average molecular weight is 530 g/mol. The molecule has 1 atom stereocenters. The molecule has 0 spiro atoms. The highest BCUT2D eigenvalue weighted by Gasteiger charge is 2.28. The molecule has 8 nitrogen and oxygen atoms in total. The summed E-state index contributed by atoms with van der Waals surface area (Å²) >= 11 is 9.45. The number of rotatable bonds is 6. The number of benzene rings is 1. The van der Waals surface area contributed by atoms with Crippen LogP contribution in [-0.2, 0) is 14.6 Å². The molecule has 1 aromatic carbocycles. The van der Waals surface area contributed by atoms with Gasteiger partial charge in [0.15, 0.2) is 15.7 Å². The molecule has 1 fully saturated rings. The van der Waals surface area contributed by atoms with Crippen molar-refractivity contribution in [3.63, 3.8) is 0 Å².